The first-order valence-electron chi connectivity index (χ1n) is 7.37. The Balaban J connectivity index is 1.82. The highest BCUT2D eigenvalue weighted by molar-refractivity contribution is 5.54. The van der Waals surface area contributed by atoms with Crippen LogP contribution in [0.15, 0.2) is 16.8 Å². The minimum Gasteiger partial charge on any atom is -0.337 e. The van der Waals surface area contributed by atoms with Crippen LogP contribution in [0.3, 0.4) is 0 Å². The van der Waals surface area contributed by atoms with E-state index in [1.54, 1.807) is 0 Å². The van der Waals surface area contributed by atoms with Crippen LogP contribution >= 0.6 is 0 Å². The van der Waals surface area contributed by atoms with E-state index in [1.165, 1.54) is 0 Å². The van der Waals surface area contributed by atoms with Crippen LogP contribution in [-0.2, 0) is 0 Å². The third kappa shape index (κ3) is 2.96. The molecule has 1 fully saturated rings. The Kier molecular flexibility index (Phi) is 3.98. The second kappa shape index (κ2) is 5.91. The zero-order valence-electron chi connectivity index (χ0n) is 12.8. The molecule has 6 nitrogen and oxygen atoms in total. The third-order valence-corrected chi connectivity index (χ3v) is 3.93. The summed E-state index contributed by atoms with van der Waals surface area (Å²) in [5.41, 5.74) is 2.99. The lowest BCUT2D eigenvalue weighted by Gasteiger charge is -2.30. The largest absolute Gasteiger partial charge is 0.337 e. The summed E-state index contributed by atoms with van der Waals surface area (Å²) in [7, 11) is 0. The van der Waals surface area contributed by atoms with Gasteiger partial charge in [0.25, 0.3) is 0 Å². The average molecular weight is 287 g/mol. The molecule has 21 heavy (non-hydrogen) atoms. The van der Waals surface area contributed by atoms with Crippen LogP contribution in [-0.4, -0.2) is 46.2 Å². The Hall–Kier alpha value is -1.79. The predicted molar refractivity (Wildman–Crippen MR) is 79.9 cm³/mol. The molecule has 0 spiro atoms. The fourth-order valence-corrected chi connectivity index (χ4v) is 2.68. The van der Waals surface area contributed by atoms with Gasteiger partial charge in [-0.15, -0.1) is 0 Å². The fraction of sp³-hybridized carbons (Fsp3) is 0.533. The normalized spacial score (nSPS) is 17.9. The van der Waals surface area contributed by atoms with Gasteiger partial charge >= 0.3 is 0 Å². The van der Waals surface area contributed by atoms with Crippen molar-refractivity contribution in [2.45, 2.75) is 26.8 Å². The number of pyridine rings is 1. The second-order valence-electron chi connectivity index (χ2n) is 5.60. The molecule has 112 valence electrons. The van der Waals surface area contributed by atoms with Crippen LogP contribution in [0.4, 0.5) is 0 Å². The van der Waals surface area contributed by atoms with Crippen LogP contribution in [0.25, 0.3) is 11.5 Å². The quantitative estimate of drug-likeness (QED) is 0.927. The maximum absolute atomic E-state index is 5.46. The lowest BCUT2D eigenvalue weighted by atomic mass is 10.1. The molecular formula is C15H21N5O. The molecule has 0 bridgehead atoms. The lowest BCUT2D eigenvalue weighted by molar-refractivity contribution is 0.154. The van der Waals surface area contributed by atoms with Crippen molar-refractivity contribution in [2.24, 2.45) is 0 Å². The number of piperazine rings is 1. The standard InChI is InChI=1S/C15H21N5O/c1-10-8-11(2)13(17-9-10)14-18-15(21-19-14)12(3)20-6-4-16-5-7-20/h8-9,12,16H,4-7H2,1-3H3. The molecule has 0 aromatic carbocycles. The van der Waals surface area contributed by atoms with Gasteiger partial charge in [0.1, 0.15) is 5.69 Å². The van der Waals surface area contributed by atoms with E-state index >= 15 is 0 Å². The first kappa shape index (κ1) is 14.2. The molecule has 1 aliphatic heterocycles. The van der Waals surface area contributed by atoms with Gasteiger partial charge in [-0.1, -0.05) is 11.2 Å². The Morgan fingerprint density at radius 2 is 2.05 bits per heavy atom. The summed E-state index contributed by atoms with van der Waals surface area (Å²) in [5, 5.41) is 7.45. The third-order valence-electron chi connectivity index (χ3n) is 3.93. The number of nitrogens with zero attached hydrogens (tertiary/aromatic N) is 4. The van der Waals surface area contributed by atoms with Gasteiger partial charge in [-0.3, -0.25) is 9.88 Å². The minimum atomic E-state index is 0.138. The molecule has 2 aromatic heterocycles. The van der Waals surface area contributed by atoms with Crippen molar-refractivity contribution in [3.63, 3.8) is 0 Å². The van der Waals surface area contributed by atoms with Crippen molar-refractivity contribution in [2.75, 3.05) is 26.2 Å². The highest BCUT2D eigenvalue weighted by atomic mass is 16.5. The highest BCUT2D eigenvalue weighted by Gasteiger charge is 2.23. The van der Waals surface area contributed by atoms with Gasteiger partial charge < -0.3 is 9.84 Å². The fourth-order valence-electron chi connectivity index (χ4n) is 2.68. The van der Waals surface area contributed by atoms with E-state index in [9.17, 15) is 0 Å². The van der Waals surface area contributed by atoms with Gasteiger partial charge in [-0.25, -0.2) is 0 Å². The molecule has 0 amide bonds. The van der Waals surface area contributed by atoms with Crippen molar-refractivity contribution < 1.29 is 4.52 Å². The molecule has 6 heteroatoms. The van der Waals surface area contributed by atoms with E-state index in [2.05, 4.69) is 38.3 Å². The molecule has 0 aliphatic carbocycles. The lowest BCUT2D eigenvalue weighted by Crippen LogP contribution is -2.44. The first-order chi connectivity index (χ1) is 10.1. The molecule has 1 atom stereocenters. The summed E-state index contributed by atoms with van der Waals surface area (Å²) >= 11 is 0. The summed E-state index contributed by atoms with van der Waals surface area (Å²) in [6.45, 7) is 10.2. The van der Waals surface area contributed by atoms with E-state index in [-0.39, 0.29) is 6.04 Å². The first-order valence-corrected chi connectivity index (χ1v) is 7.37. The molecule has 1 N–H and O–H groups in total. The maximum atomic E-state index is 5.46. The van der Waals surface area contributed by atoms with E-state index in [1.807, 2.05) is 20.0 Å². The van der Waals surface area contributed by atoms with Gasteiger partial charge in [0.05, 0.1) is 6.04 Å². The minimum absolute atomic E-state index is 0.138. The van der Waals surface area contributed by atoms with Gasteiger partial charge in [0.2, 0.25) is 11.7 Å². The van der Waals surface area contributed by atoms with E-state index in [0.29, 0.717) is 11.7 Å². The molecular weight excluding hydrogens is 266 g/mol. The molecule has 0 saturated carbocycles. The van der Waals surface area contributed by atoms with Crippen LogP contribution in [0.1, 0.15) is 30.0 Å². The van der Waals surface area contributed by atoms with Crippen molar-refractivity contribution in [3.8, 4) is 11.5 Å². The van der Waals surface area contributed by atoms with Crippen molar-refractivity contribution >= 4 is 0 Å². The van der Waals surface area contributed by atoms with Gasteiger partial charge in [0.15, 0.2) is 0 Å². The van der Waals surface area contributed by atoms with Crippen molar-refractivity contribution in [3.05, 3.63) is 29.3 Å². The van der Waals surface area contributed by atoms with E-state index < -0.39 is 0 Å². The number of hydrogen-bond donors (Lipinski definition) is 1. The van der Waals surface area contributed by atoms with Crippen LogP contribution in [0, 0.1) is 13.8 Å². The van der Waals surface area contributed by atoms with E-state index in [0.717, 1.165) is 43.0 Å². The summed E-state index contributed by atoms with van der Waals surface area (Å²) in [6, 6.07) is 2.22. The van der Waals surface area contributed by atoms with Crippen LogP contribution in [0.5, 0.6) is 0 Å². The summed E-state index contributed by atoms with van der Waals surface area (Å²) < 4.78 is 5.46. The maximum Gasteiger partial charge on any atom is 0.244 e. The summed E-state index contributed by atoms with van der Waals surface area (Å²) in [4.78, 5) is 11.3. The average Bonchev–Trinajstić information content (AvgIpc) is 2.97. The number of hydrogen-bond acceptors (Lipinski definition) is 6. The molecule has 2 aromatic rings. The second-order valence-corrected chi connectivity index (χ2v) is 5.60. The molecule has 1 saturated heterocycles. The van der Waals surface area contributed by atoms with E-state index in [4.69, 9.17) is 4.52 Å². The van der Waals surface area contributed by atoms with Gasteiger partial charge in [-0.2, -0.15) is 4.98 Å². The monoisotopic (exact) mass is 287 g/mol. The number of aryl methyl sites for hydroxylation is 2. The Labute approximate surface area is 124 Å². The topological polar surface area (TPSA) is 67.1 Å². The Morgan fingerprint density at radius 3 is 2.76 bits per heavy atom. The Bertz CT molecular complexity index is 618. The summed E-state index contributed by atoms with van der Waals surface area (Å²) in [6.07, 6.45) is 1.83. The van der Waals surface area contributed by atoms with Crippen molar-refractivity contribution in [1.82, 2.24) is 25.3 Å². The molecule has 1 aliphatic rings. The van der Waals surface area contributed by atoms with Gasteiger partial charge in [-0.05, 0) is 31.9 Å². The molecule has 0 radical (unpaired) electrons. The highest BCUT2D eigenvalue weighted by Crippen LogP contribution is 2.23. The zero-order chi connectivity index (χ0) is 14.8. The van der Waals surface area contributed by atoms with Crippen LogP contribution < -0.4 is 5.32 Å². The number of nitrogens with one attached hydrogen (secondary N) is 1. The number of aromatic nitrogens is 3. The molecule has 3 rings (SSSR count). The summed E-state index contributed by atoms with van der Waals surface area (Å²) in [5.74, 6) is 1.23. The Morgan fingerprint density at radius 1 is 1.29 bits per heavy atom. The van der Waals surface area contributed by atoms with Crippen molar-refractivity contribution in [1.29, 1.82) is 0 Å². The van der Waals surface area contributed by atoms with Crippen LogP contribution in [0.2, 0.25) is 0 Å². The number of rotatable bonds is 3. The molecule has 3 heterocycles. The molecule has 1 unspecified atom stereocenters. The van der Waals surface area contributed by atoms with Gasteiger partial charge in [0, 0.05) is 32.4 Å². The predicted octanol–water partition coefficient (Wildman–Crippen LogP) is 1.71. The SMILES string of the molecule is Cc1cnc(-c2noc(C(C)N3CCNCC3)n2)c(C)c1. The smallest absolute Gasteiger partial charge is 0.244 e. The zero-order valence-corrected chi connectivity index (χ0v) is 12.8.